The van der Waals surface area contributed by atoms with Gasteiger partial charge in [0.05, 0.1) is 30.6 Å². The lowest BCUT2D eigenvalue weighted by Gasteiger charge is -2.39. The van der Waals surface area contributed by atoms with Crippen molar-refractivity contribution in [2.75, 3.05) is 31.1 Å². The first-order chi connectivity index (χ1) is 21.4. The molecule has 2 aromatic carbocycles. The van der Waals surface area contributed by atoms with Gasteiger partial charge in [-0.3, -0.25) is 14.4 Å². The van der Waals surface area contributed by atoms with Crippen LogP contribution in [0.5, 0.6) is 0 Å². The smallest absolute Gasteiger partial charge is 0.248 e. The minimum Gasteiger partial charge on any atom is -0.394 e. The molecule has 3 aliphatic heterocycles. The summed E-state index contributed by atoms with van der Waals surface area (Å²) in [5.41, 5.74) is 0.517. The van der Waals surface area contributed by atoms with E-state index in [1.54, 1.807) is 26.9 Å². The van der Waals surface area contributed by atoms with E-state index >= 15 is 0 Å². The molecule has 2 bridgehead atoms. The zero-order chi connectivity index (χ0) is 31.3. The summed E-state index contributed by atoms with van der Waals surface area (Å²) in [4.78, 5) is 48.7. The highest BCUT2D eigenvalue weighted by atomic mass is 16.5. The molecular weight excluding hydrogens is 554 g/mol. The number of aliphatic hydroxyl groups is 1. The Morgan fingerprint density at radius 2 is 1.73 bits per heavy atom. The zero-order valence-electron chi connectivity index (χ0n) is 25.7. The van der Waals surface area contributed by atoms with Gasteiger partial charge in [-0.2, -0.15) is 0 Å². The Bertz CT molecular complexity index is 1330. The van der Waals surface area contributed by atoms with Gasteiger partial charge in [0.25, 0.3) is 0 Å². The summed E-state index contributed by atoms with van der Waals surface area (Å²) in [5, 5.41) is 10.7. The molecule has 3 fully saturated rings. The summed E-state index contributed by atoms with van der Waals surface area (Å²) in [6.07, 6.45) is 7.18. The number of aliphatic hydroxyl groups excluding tert-OH is 1. The molecule has 3 amide bonds. The van der Waals surface area contributed by atoms with Gasteiger partial charge in [0.15, 0.2) is 0 Å². The first kappa shape index (κ1) is 31.7. The van der Waals surface area contributed by atoms with Crippen molar-refractivity contribution in [1.82, 2.24) is 9.80 Å². The number of ether oxygens (including phenoxy) is 1. The van der Waals surface area contributed by atoms with Gasteiger partial charge < -0.3 is 24.5 Å². The van der Waals surface area contributed by atoms with Gasteiger partial charge in [0, 0.05) is 25.3 Å². The second-order valence-electron chi connectivity index (χ2n) is 12.2. The normalized spacial score (nSPS) is 25.9. The number of para-hydroxylation sites is 1. The van der Waals surface area contributed by atoms with Crippen molar-refractivity contribution in [3.05, 3.63) is 91.5 Å². The van der Waals surface area contributed by atoms with E-state index < -0.39 is 35.6 Å². The first-order valence-electron chi connectivity index (χ1n) is 15.9. The predicted octanol–water partition coefficient (Wildman–Crippen LogP) is 4.39. The lowest BCUT2D eigenvalue weighted by atomic mass is 9.70. The van der Waals surface area contributed by atoms with Gasteiger partial charge >= 0.3 is 0 Å². The van der Waals surface area contributed by atoms with Crippen molar-refractivity contribution in [2.45, 2.75) is 69.2 Å². The SMILES string of the molecule is C=CCN(CCCCC)C(=O)C1N([C@@H](CO)Cc2ccccc2)C(=O)[C@@H]2[C@@H](C(=O)N(CC=C)c3ccccc3)[C@H]3CCC12O3. The second kappa shape index (κ2) is 13.9. The fraction of sp³-hybridized carbons (Fsp3) is 0.472. The predicted molar refractivity (Wildman–Crippen MR) is 171 cm³/mol. The van der Waals surface area contributed by atoms with Crippen LogP contribution in [0.25, 0.3) is 0 Å². The summed E-state index contributed by atoms with van der Waals surface area (Å²) < 4.78 is 6.72. The molecule has 8 nitrogen and oxygen atoms in total. The number of rotatable bonds is 15. The van der Waals surface area contributed by atoms with Gasteiger partial charge in [0.1, 0.15) is 11.6 Å². The highest BCUT2D eigenvalue weighted by molar-refractivity contribution is 6.03. The minimum atomic E-state index is -1.15. The number of amides is 3. The molecule has 3 heterocycles. The number of nitrogens with zero attached hydrogens (tertiary/aromatic N) is 3. The first-order valence-corrected chi connectivity index (χ1v) is 15.9. The van der Waals surface area contributed by atoms with E-state index in [-0.39, 0.29) is 30.9 Å². The Labute approximate surface area is 261 Å². The molecule has 2 unspecified atom stereocenters. The average Bonchev–Trinajstić information content (AvgIpc) is 3.70. The third-order valence-corrected chi connectivity index (χ3v) is 9.51. The highest BCUT2D eigenvalue weighted by Gasteiger charge is 2.75. The van der Waals surface area contributed by atoms with Crippen molar-refractivity contribution in [2.24, 2.45) is 11.8 Å². The topological polar surface area (TPSA) is 90.4 Å². The number of carbonyl (C=O) groups is 3. The van der Waals surface area contributed by atoms with E-state index in [1.165, 1.54) is 0 Å². The van der Waals surface area contributed by atoms with Crippen LogP contribution in [0.4, 0.5) is 5.69 Å². The Morgan fingerprint density at radius 3 is 2.36 bits per heavy atom. The summed E-state index contributed by atoms with van der Waals surface area (Å²) in [6.45, 7) is 10.7. The molecular formula is C36H45N3O5. The van der Waals surface area contributed by atoms with Crippen LogP contribution in [0.1, 0.15) is 44.6 Å². The molecule has 2 aromatic rings. The fourth-order valence-corrected chi connectivity index (χ4v) is 7.59. The molecule has 0 aliphatic carbocycles. The summed E-state index contributed by atoms with van der Waals surface area (Å²) in [5.74, 6) is -2.28. The van der Waals surface area contributed by atoms with E-state index in [0.29, 0.717) is 32.4 Å². The van der Waals surface area contributed by atoms with Crippen LogP contribution in [0.2, 0.25) is 0 Å². The molecule has 8 heteroatoms. The summed E-state index contributed by atoms with van der Waals surface area (Å²) >= 11 is 0. The van der Waals surface area contributed by atoms with Crippen molar-refractivity contribution in [1.29, 1.82) is 0 Å². The van der Waals surface area contributed by atoms with E-state index in [1.807, 2.05) is 60.7 Å². The summed E-state index contributed by atoms with van der Waals surface area (Å²) in [7, 11) is 0. The Morgan fingerprint density at radius 1 is 1.05 bits per heavy atom. The standard InChI is InChI=1S/C36H45N3O5/c1-4-7-14-23-37(21-5-2)35(43)32-36-20-19-29(44-36)30(33(41)38(22-6-3)27-17-12-9-13-18-27)31(36)34(42)39(32)28(25-40)24-26-15-10-8-11-16-26/h5-6,8-13,15-18,28-32,40H,2-4,7,14,19-25H2,1H3/t28-,29-,30+,31+,32?,36?/m1/s1. The number of benzene rings is 2. The largest absolute Gasteiger partial charge is 0.394 e. The van der Waals surface area contributed by atoms with Crippen molar-refractivity contribution in [3.8, 4) is 0 Å². The maximum absolute atomic E-state index is 14.7. The number of fused-ring (bicyclic) bond motifs is 1. The Balaban J connectivity index is 1.56. The van der Waals surface area contributed by atoms with E-state index in [0.717, 1.165) is 30.5 Å². The zero-order valence-corrected chi connectivity index (χ0v) is 25.7. The van der Waals surface area contributed by atoms with Crippen molar-refractivity contribution in [3.63, 3.8) is 0 Å². The van der Waals surface area contributed by atoms with Crippen molar-refractivity contribution < 1.29 is 24.2 Å². The van der Waals surface area contributed by atoms with Gasteiger partial charge in [0.2, 0.25) is 17.7 Å². The molecule has 1 spiro atoms. The van der Waals surface area contributed by atoms with Gasteiger partial charge in [-0.05, 0) is 43.4 Å². The monoisotopic (exact) mass is 599 g/mol. The lowest BCUT2D eigenvalue weighted by Crippen LogP contribution is -2.59. The van der Waals surface area contributed by atoms with Gasteiger partial charge in [-0.15, -0.1) is 13.2 Å². The minimum absolute atomic E-state index is 0.205. The van der Waals surface area contributed by atoms with E-state index in [4.69, 9.17) is 4.74 Å². The van der Waals surface area contributed by atoms with Gasteiger partial charge in [-0.1, -0.05) is 80.4 Å². The number of carbonyl (C=O) groups excluding carboxylic acids is 3. The maximum Gasteiger partial charge on any atom is 0.248 e. The molecule has 0 aromatic heterocycles. The lowest BCUT2D eigenvalue weighted by molar-refractivity contribution is -0.151. The van der Waals surface area contributed by atoms with Crippen LogP contribution in [0.3, 0.4) is 0 Å². The maximum atomic E-state index is 14.7. The molecule has 3 aliphatic rings. The van der Waals surface area contributed by atoms with Crippen LogP contribution in [-0.4, -0.2) is 82.7 Å². The quantitative estimate of drug-likeness (QED) is 0.242. The number of likely N-dealkylation sites (tertiary alicyclic amines) is 1. The van der Waals surface area contributed by atoms with Crippen molar-refractivity contribution >= 4 is 23.4 Å². The van der Waals surface area contributed by atoms with E-state index in [2.05, 4.69) is 20.1 Å². The van der Waals surface area contributed by atoms with Crippen LogP contribution >= 0.6 is 0 Å². The number of hydrogen-bond donors (Lipinski definition) is 1. The molecule has 234 valence electrons. The Kier molecular flexibility index (Phi) is 10.0. The molecule has 1 N–H and O–H groups in total. The van der Waals surface area contributed by atoms with Crippen LogP contribution in [0, 0.1) is 11.8 Å². The van der Waals surface area contributed by atoms with E-state index in [9.17, 15) is 19.5 Å². The van der Waals surface area contributed by atoms with Gasteiger partial charge in [-0.25, -0.2) is 0 Å². The number of anilines is 1. The fourth-order valence-electron chi connectivity index (χ4n) is 7.59. The number of unbranched alkanes of at least 4 members (excludes halogenated alkanes) is 2. The Hall–Kier alpha value is -3.75. The third-order valence-electron chi connectivity index (χ3n) is 9.51. The third kappa shape index (κ3) is 5.73. The molecule has 5 rings (SSSR count). The second-order valence-corrected chi connectivity index (χ2v) is 12.2. The highest BCUT2D eigenvalue weighted by Crippen LogP contribution is 2.59. The van der Waals surface area contributed by atoms with Crippen LogP contribution in [0.15, 0.2) is 86.0 Å². The molecule has 0 radical (unpaired) electrons. The molecule has 0 saturated carbocycles. The molecule has 6 atom stereocenters. The number of hydrogen-bond acceptors (Lipinski definition) is 5. The summed E-state index contributed by atoms with van der Waals surface area (Å²) in [6, 6.07) is 17.4. The van der Waals surface area contributed by atoms with Crippen LogP contribution in [-0.2, 0) is 25.5 Å². The average molecular weight is 600 g/mol. The molecule has 3 saturated heterocycles. The molecule has 44 heavy (non-hydrogen) atoms. The van der Waals surface area contributed by atoms with Crippen LogP contribution < -0.4 is 4.90 Å².